The van der Waals surface area contributed by atoms with Crippen LogP contribution in [0.25, 0.3) is 11.3 Å². The number of rotatable bonds is 3. The second-order valence-corrected chi connectivity index (χ2v) is 4.84. The van der Waals surface area contributed by atoms with Crippen LogP contribution < -0.4 is 0 Å². The molecule has 0 unspecified atom stereocenters. The highest BCUT2D eigenvalue weighted by atomic mass is 16.5. The highest BCUT2D eigenvalue weighted by Gasteiger charge is 2.23. The van der Waals surface area contributed by atoms with E-state index in [0.29, 0.717) is 17.1 Å². The van der Waals surface area contributed by atoms with Crippen molar-refractivity contribution in [3.63, 3.8) is 0 Å². The van der Waals surface area contributed by atoms with Crippen LogP contribution >= 0.6 is 0 Å². The third kappa shape index (κ3) is 2.33. The van der Waals surface area contributed by atoms with Crippen molar-refractivity contribution in [1.29, 1.82) is 5.26 Å². The number of allylic oxidation sites excluding steroid dienone is 1. The Morgan fingerprint density at radius 3 is 2.33 bits per heavy atom. The van der Waals surface area contributed by atoms with Gasteiger partial charge in [-0.15, -0.1) is 0 Å². The standard InChI is InChI=1S/C14H15BN4O2/c1-7-9(3)18-21-13(7)14(20-15)11(6-16)12-8(2)10(4)19(5)17-12/h1-5H3. The first-order chi connectivity index (χ1) is 9.92. The molecule has 0 atom stereocenters. The summed E-state index contributed by atoms with van der Waals surface area (Å²) in [6.45, 7) is 7.44. The molecular weight excluding hydrogens is 267 g/mol. The molecule has 21 heavy (non-hydrogen) atoms. The molecule has 0 aromatic carbocycles. The Hall–Kier alpha value is -2.49. The Morgan fingerprint density at radius 2 is 1.95 bits per heavy atom. The minimum absolute atomic E-state index is 0.136. The van der Waals surface area contributed by atoms with E-state index >= 15 is 0 Å². The minimum atomic E-state index is 0.136. The van der Waals surface area contributed by atoms with Crippen LogP contribution in [0.15, 0.2) is 4.52 Å². The second kappa shape index (κ2) is 5.48. The zero-order valence-corrected chi connectivity index (χ0v) is 12.7. The first kappa shape index (κ1) is 14.9. The average molecular weight is 282 g/mol. The zero-order chi connectivity index (χ0) is 15.7. The maximum absolute atomic E-state index is 9.51. The average Bonchev–Trinajstić information content (AvgIpc) is 2.92. The third-order valence-electron chi connectivity index (χ3n) is 3.69. The molecule has 0 bridgehead atoms. The molecule has 0 saturated carbocycles. The third-order valence-corrected chi connectivity index (χ3v) is 3.69. The molecule has 2 aromatic rings. The molecule has 0 saturated heterocycles. The summed E-state index contributed by atoms with van der Waals surface area (Å²) < 4.78 is 11.8. The Morgan fingerprint density at radius 1 is 1.29 bits per heavy atom. The summed E-state index contributed by atoms with van der Waals surface area (Å²) in [4.78, 5) is 0. The van der Waals surface area contributed by atoms with E-state index in [-0.39, 0.29) is 11.3 Å². The molecule has 7 heteroatoms. The van der Waals surface area contributed by atoms with Gasteiger partial charge in [0.25, 0.3) is 0 Å². The van der Waals surface area contributed by atoms with Gasteiger partial charge in [0.2, 0.25) is 5.76 Å². The van der Waals surface area contributed by atoms with Gasteiger partial charge in [-0.1, -0.05) is 5.16 Å². The van der Waals surface area contributed by atoms with Crippen LogP contribution in [0.1, 0.15) is 34.0 Å². The number of aromatic nitrogens is 3. The zero-order valence-electron chi connectivity index (χ0n) is 12.7. The Labute approximate surface area is 124 Å². The smallest absolute Gasteiger partial charge is 0.374 e. The Balaban J connectivity index is 2.73. The number of aryl methyl sites for hydroxylation is 2. The van der Waals surface area contributed by atoms with E-state index in [1.165, 1.54) is 0 Å². The predicted molar refractivity (Wildman–Crippen MR) is 77.9 cm³/mol. The second-order valence-electron chi connectivity index (χ2n) is 4.84. The maximum atomic E-state index is 9.51. The molecule has 2 radical (unpaired) electrons. The summed E-state index contributed by atoms with van der Waals surface area (Å²) in [5.74, 6) is 0.478. The normalized spacial score (nSPS) is 12.0. The molecule has 0 aliphatic heterocycles. The molecule has 106 valence electrons. The van der Waals surface area contributed by atoms with Gasteiger partial charge in [0.15, 0.2) is 5.76 Å². The number of nitriles is 1. The van der Waals surface area contributed by atoms with E-state index < -0.39 is 0 Å². The molecule has 0 amide bonds. The van der Waals surface area contributed by atoms with Crippen molar-refractivity contribution in [3.05, 3.63) is 34.0 Å². The minimum Gasteiger partial charge on any atom is -0.564 e. The first-order valence-electron chi connectivity index (χ1n) is 6.37. The number of nitrogens with zero attached hydrogens (tertiary/aromatic N) is 4. The summed E-state index contributed by atoms with van der Waals surface area (Å²) in [5, 5.41) is 17.7. The molecule has 0 aliphatic carbocycles. The van der Waals surface area contributed by atoms with Crippen molar-refractivity contribution in [3.8, 4) is 6.07 Å². The Kier molecular flexibility index (Phi) is 3.89. The molecule has 2 aromatic heterocycles. The molecule has 2 rings (SSSR count). The van der Waals surface area contributed by atoms with Crippen LogP contribution in [0.3, 0.4) is 0 Å². The van der Waals surface area contributed by atoms with Crippen LogP contribution in [0.4, 0.5) is 0 Å². The van der Waals surface area contributed by atoms with Crippen LogP contribution in [0.2, 0.25) is 0 Å². The lowest BCUT2D eigenvalue weighted by Crippen LogP contribution is -1.98. The van der Waals surface area contributed by atoms with Gasteiger partial charge in [0.1, 0.15) is 17.3 Å². The molecule has 6 nitrogen and oxygen atoms in total. The highest BCUT2D eigenvalue weighted by Crippen LogP contribution is 2.31. The SMILES string of the molecule is [B]OC(=C(C#N)c1nn(C)c(C)c1C)c1onc(C)c1C. The van der Waals surface area contributed by atoms with E-state index in [2.05, 4.69) is 16.3 Å². The first-order valence-corrected chi connectivity index (χ1v) is 6.37. The van der Waals surface area contributed by atoms with Gasteiger partial charge in [-0.2, -0.15) is 10.4 Å². The van der Waals surface area contributed by atoms with Crippen LogP contribution in [0.5, 0.6) is 0 Å². The van der Waals surface area contributed by atoms with Gasteiger partial charge in [0.05, 0.1) is 5.69 Å². The van der Waals surface area contributed by atoms with E-state index in [4.69, 9.17) is 17.2 Å². The molecule has 0 aliphatic rings. The van der Waals surface area contributed by atoms with Crippen LogP contribution in [-0.2, 0) is 11.7 Å². The summed E-state index contributed by atoms with van der Waals surface area (Å²) in [7, 11) is 7.17. The van der Waals surface area contributed by atoms with Gasteiger partial charge in [-0.05, 0) is 33.3 Å². The summed E-state index contributed by atoms with van der Waals surface area (Å²) in [6, 6.07) is 2.10. The van der Waals surface area contributed by atoms with E-state index in [1.54, 1.807) is 11.6 Å². The largest absolute Gasteiger partial charge is 0.564 e. The van der Waals surface area contributed by atoms with Crippen molar-refractivity contribution < 1.29 is 9.18 Å². The van der Waals surface area contributed by atoms with E-state index in [9.17, 15) is 5.26 Å². The van der Waals surface area contributed by atoms with Crippen molar-refractivity contribution >= 4 is 19.4 Å². The van der Waals surface area contributed by atoms with Gasteiger partial charge in [0, 0.05) is 18.3 Å². The fourth-order valence-electron chi connectivity index (χ4n) is 2.02. The fraction of sp³-hybridized carbons (Fsp3) is 0.357. The highest BCUT2D eigenvalue weighted by molar-refractivity contribution is 6.06. The number of hydrogen-bond acceptors (Lipinski definition) is 5. The molecule has 0 spiro atoms. The monoisotopic (exact) mass is 282 g/mol. The van der Waals surface area contributed by atoms with E-state index in [1.807, 2.05) is 27.8 Å². The fourth-order valence-corrected chi connectivity index (χ4v) is 2.02. The van der Waals surface area contributed by atoms with Crippen molar-refractivity contribution in [2.24, 2.45) is 7.05 Å². The quantitative estimate of drug-likeness (QED) is 0.489. The lowest BCUT2D eigenvalue weighted by molar-refractivity contribution is 0.387. The van der Waals surface area contributed by atoms with Crippen molar-refractivity contribution in [2.45, 2.75) is 27.7 Å². The summed E-state index contributed by atoms with van der Waals surface area (Å²) in [6.07, 6.45) is 0. The van der Waals surface area contributed by atoms with Crippen LogP contribution in [0, 0.1) is 39.0 Å². The van der Waals surface area contributed by atoms with Crippen LogP contribution in [-0.4, -0.2) is 23.0 Å². The summed E-state index contributed by atoms with van der Waals surface area (Å²) in [5.41, 5.74) is 4.07. The summed E-state index contributed by atoms with van der Waals surface area (Å²) >= 11 is 0. The van der Waals surface area contributed by atoms with Crippen molar-refractivity contribution in [1.82, 2.24) is 14.9 Å². The molecule has 0 N–H and O–H groups in total. The van der Waals surface area contributed by atoms with Gasteiger partial charge >= 0.3 is 8.05 Å². The molecule has 2 heterocycles. The van der Waals surface area contributed by atoms with Gasteiger partial charge in [-0.3, -0.25) is 4.68 Å². The molecule has 0 fully saturated rings. The van der Waals surface area contributed by atoms with Gasteiger partial charge in [-0.25, -0.2) is 0 Å². The van der Waals surface area contributed by atoms with Crippen molar-refractivity contribution in [2.75, 3.05) is 0 Å². The number of hydrogen-bond donors (Lipinski definition) is 0. The maximum Gasteiger partial charge on any atom is 0.374 e. The Bertz CT molecular complexity index is 765. The topological polar surface area (TPSA) is 76.9 Å². The lowest BCUT2D eigenvalue weighted by Gasteiger charge is -2.07. The predicted octanol–water partition coefficient (Wildman–Crippen LogP) is 2.13. The van der Waals surface area contributed by atoms with E-state index in [0.717, 1.165) is 16.8 Å². The molecular formula is C14H15BN4O2. The van der Waals surface area contributed by atoms with Gasteiger partial charge < -0.3 is 9.18 Å². The lowest BCUT2D eigenvalue weighted by atomic mass is 10.0.